The number of allylic oxidation sites excluding steroid dienone is 2. The van der Waals surface area contributed by atoms with Crippen LogP contribution >= 0.6 is 0 Å². The van der Waals surface area contributed by atoms with E-state index < -0.39 is 4.92 Å². The lowest BCUT2D eigenvalue weighted by Gasteiger charge is -2.41. The van der Waals surface area contributed by atoms with Gasteiger partial charge in [-0.15, -0.1) is 0 Å². The minimum absolute atomic E-state index is 0.00307. The highest BCUT2D eigenvalue weighted by Crippen LogP contribution is 2.46. The summed E-state index contributed by atoms with van der Waals surface area (Å²) in [5.41, 5.74) is 2.12. The van der Waals surface area contributed by atoms with E-state index in [4.69, 9.17) is 0 Å². The predicted molar refractivity (Wildman–Crippen MR) is 88.3 cm³/mol. The number of carbonyl (C=O) groups is 2. The number of carbonyl (C=O) groups excluding carboxylic acids is 2. The van der Waals surface area contributed by atoms with Gasteiger partial charge in [-0.3, -0.25) is 19.7 Å². The zero-order chi connectivity index (χ0) is 17.6. The van der Waals surface area contributed by atoms with Crippen LogP contribution in [0.15, 0.2) is 35.5 Å². The predicted octanol–water partition coefficient (Wildman–Crippen LogP) is 3.18. The molecule has 126 valence electrons. The molecule has 1 aliphatic carbocycles. The molecular weight excluding hydrogens is 308 g/mol. The van der Waals surface area contributed by atoms with Crippen LogP contribution < -0.4 is 0 Å². The molecule has 0 unspecified atom stereocenters. The number of Topliss-reactive ketones (excluding diaryl/α,β-unsaturated/α-hetero) is 1. The van der Waals surface area contributed by atoms with Crippen LogP contribution in [0.5, 0.6) is 0 Å². The average Bonchev–Trinajstić information content (AvgIpc) is 2.50. The fraction of sp³-hybridized carbons (Fsp3) is 0.444. The maximum atomic E-state index is 12.8. The molecule has 0 bridgehead atoms. The number of benzene rings is 1. The zero-order valence-electron chi connectivity index (χ0n) is 14.0. The van der Waals surface area contributed by atoms with Crippen molar-refractivity contribution >= 4 is 17.4 Å². The molecule has 1 aromatic rings. The number of amides is 1. The third-order valence-electron chi connectivity index (χ3n) is 4.91. The van der Waals surface area contributed by atoms with Crippen LogP contribution in [0.4, 0.5) is 5.69 Å². The molecule has 6 heteroatoms. The van der Waals surface area contributed by atoms with E-state index in [1.165, 1.54) is 12.1 Å². The minimum Gasteiger partial charge on any atom is -0.319 e. The van der Waals surface area contributed by atoms with E-state index in [-0.39, 0.29) is 35.1 Å². The van der Waals surface area contributed by atoms with Crippen LogP contribution in [0.2, 0.25) is 0 Å². The second-order valence-electron chi connectivity index (χ2n) is 7.36. The lowest BCUT2D eigenvalue weighted by molar-refractivity contribution is -0.384. The van der Waals surface area contributed by atoms with Gasteiger partial charge in [0.1, 0.15) is 0 Å². The number of non-ortho nitro benzene ring substituents is 1. The van der Waals surface area contributed by atoms with Crippen LogP contribution in [-0.2, 0) is 9.59 Å². The number of ketones is 1. The van der Waals surface area contributed by atoms with E-state index in [1.54, 1.807) is 24.1 Å². The number of hydrogen-bond donors (Lipinski definition) is 0. The first kappa shape index (κ1) is 16.4. The maximum absolute atomic E-state index is 12.8. The van der Waals surface area contributed by atoms with Crippen molar-refractivity contribution in [2.24, 2.45) is 5.41 Å². The molecule has 1 aliphatic heterocycles. The van der Waals surface area contributed by atoms with Crippen molar-refractivity contribution in [3.8, 4) is 0 Å². The average molecular weight is 328 g/mol. The molecule has 2 aliphatic rings. The van der Waals surface area contributed by atoms with Gasteiger partial charge in [0.15, 0.2) is 5.78 Å². The van der Waals surface area contributed by atoms with Gasteiger partial charge in [0, 0.05) is 49.2 Å². The smallest absolute Gasteiger partial charge is 0.269 e. The molecule has 24 heavy (non-hydrogen) atoms. The monoisotopic (exact) mass is 328 g/mol. The molecule has 0 aromatic heterocycles. The Hall–Kier alpha value is -2.50. The van der Waals surface area contributed by atoms with Crippen molar-refractivity contribution in [3.63, 3.8) is 0 Å². The van der Waals surface area contributed by atoms with Crippen molar-refractivity contribution in [1.82, 2.24) is 4.90 Å². The molecule has 1 heterocycles. The summed E-state index contributed by atoms with van der Waals surface area (Å²) in [6, 6.07) is 6.16. The molecule has 1 aromatic carbocycles. The lowest BCUT2D eigenvalue weighted by atomic mass is 9.69. The molecule has 0 N–H and O–H groups in total. The highest BCUT2D eigenvalue weighted by Gasteiger charge is 2.42. The molecule has 0 saturated carbocycles. The fourth-order valence-electron chi connectivity index (χ4n) is 3.67. The van der Waals surface area contributed by atoms with E-state index >= 15 is 0 Å². The van der Waals surface area contributed by atoms with Gasteiger partial charge in [-0.25, -0.2) is 0 Å². The van der Waals surface area contributed by atoms with Crippen molar-refractivity contribution < 1.29 is 14.5 Å². The minimum atomic E-state index is -0.456. The van der Waals surface area contributed by atoms with Gasteiger partial charge in [-0.1, -0.05) is 26.0 Å². The summed E-state index contributed by atoms with van der Waals surface area (Å²) < 4.78 is 0. The van der Waals surface area contributed by atoms with Crippen LogP contribution in [0.1, 0.15) is 44.6 Å². The summed E-state index contributed by atoms with van der Waals surface area (Å²) in [4.78, 5) is 37.1. The van der Waals surface area contributed by atoms with E-state index in [1.807, 2.05) is 13.8 Å². The third-order valence-corrected chi connectivity index (χ3v) is 4.91. The van der Waals surface area contributed by atoms with Crippen molar-refractivity contribution in [1.29, 1.82) is 0 Å². The SMILES string of the molecule is CN1C(=O)C[C@H](c2ccc([N+](=O)[O-])cc2)C2=C1CC(C)(C)CC2=O. The molecular formula is C18H20N2O4. The van der Waals surface area contributed by atoms with Crippen LogP contribution in [0, 0.1) is 15.5 Å². The highest BCUT2D eigenvalue weighted by atomic mass is 16.6. The van der Waals surface area contributed by atoms with Crippen LogP contribution in [-0.4, -0.2) is 28.6 Å². The first-order valence-electron chi connectivity index (χ1n) is 7.97. The van der Waals surface area contributed by atoms with Crippen molar-refractivity contribution in [3.05, 3.63) is 51.2 Å². The summed E-state index contributed by atoms with van der Waals surface area (Å²) in [6.07, 6.45) is 1.36. The van der Waals surface area contributed by atoms with E-state index in [0.717, 1.165) is 11.3 Å². The number of nitro benzene ring substituents is 1. The van der Waals surface area contributed by atoms with Gasteiger partial charge in [0.2, 0.25) is 5.91 Å². The van der Waals surface area contributed by atoms with E-state index in [0.29, 0.717) is 18.4 Å². The van der Waals surface area contributed by atoms with Gasteiger partial charge in [0.25, 0.3) is 5.69 Å². The van der Waals surface area contributed by atoms with Crippen molar-refractivity contribution in [2.45, 2.75) is 39.0 Å². The molecule has 1 amide bonds. The first-order chi connectivity index (χ1) is 11.2. The fourth-order valence-corrected chi connectivity index (χ4v) is 3.67. The van der Waals surface area contributed by atoms with E-state index in [9.17, 15) is 19.7 Å². The Kier molecular flexibility index (Phi) is 3.78. The maximum Gasteiger partial charge on any atom is 0.269 e. The Morgan fingerprint density at radius 2 is 1.79 bits per heavy atom. The second kappa shape index (κ2) is 5.54. The Morgan fingerprint density at radius 1 is 1.17 bits per heavy atom. The van der Waals surface area contributed by atoms with Gasteiger partial charge in [-0.2, -0.15) is 0 Å². The molecule has 0 saturated heterocycles. The molecule has 0 radical (unpaired) electrons. The standard InChI is InChI=1S/C18H20N2O4/c1-18(2)9-14-17(15(21)10-18)13(8-16(22)19(14)3)11-4-6-12(7-5-11)20(23)24/h4-7,13H,8-10H2,1-3H3/t13-/m1/s1. The number of hydrogen-bond acceptors (Lipinski definition) is 4. The Bertz CT molecular complexity index is 762. The summed E-state index contributed by atoms with van der Waals surface area (Å²) in [7, 11) is 1.72. The molecule has 3 rings (SSSR count). The van der Waals surface area contributed by atoms with Gasteiger partial charge < -0.3 is 4.90 Å². The van der Waals surface area contributed by atoms with Gasteiger partial charge in [-0.05, 0) is 17.4 Å². The normalized spacial score (nSPS) is 23.3. The van der Waals surface area contributed by atoms with Gasteiger partial charge >= 0.3 is 0 Å². The number of nitro groups is 1. The van der Waals surface area contributed by atoms with E-state index in [2.05, 4.69) is 0 Å². The largest absolute Gasteiger partial charge is 0.319 e. The number of rotatable bonds is 2. The summed E-state index contributed by atoms with van der Waals surface area (Å²) in [6.45, 7) is 4.06. The quantitative estimate of drug-likeness (QED) is 0.617. The topological polar surface area (TPSA) is 80.5 Å². The summed E-state index contributed by atoms with van der Waals surface area (Å²) in [5.74, 6) is -0.264. The molecule has 6 nitrogen and oxygen atoms in total. The Balaban J connectivity index is 2.07. The Labute approximate surface area is 140 Å². The van der Waals surface area contributed by atoms with Crippen LogP contribution in [0.25, 0.3) is 0 Å². The van der Waals surface area contributed by atoms with Crippen molar-refractivity contribution in [2.75, 3.05) is 7.05 Å². The summed E-state index contributed by atoms with van der Waals surface area (Å²) >= 11 is 0. The molecule has 1 atom stereocenters. The first-order valence-corrected chi connectivity index (χ1v) is 7.97. The lowest BCUT2D eigenvalue weighted by Crippen LogP contribution is -2.41. The van der Waals surface area contributed by atoms with Gasteiger partial charge in [0.05, 0.1) is 4.92 Å². The Morgan fingerprint density at radius 3 is 2.38 bits per heavy atom. The second-order valence-corrected chi connectivity index (χ2v) is 7.36. The number of nitrogens with zero attached hydrogens (tertiary/aromatic N) is 2. The molecule has 0 spiro atoms. The zero-order valence-corrected chi connectivity index (χ0v) is 14.0. The third kappa shape index (κ3) is 2.72. The van der Waals surface area contributed by atoms with Crippen LogP contribution in [0.3, 0.4) is 0 Å². The highest BCUT2D eigenvalue weighted by molar-refractivity contribution is 6.02. The molecule has 0 fully saturated rings. The summed E-state index contributed by atoms with van der Waals surface area (Å²) in [5, 5.41) is 10.8.